The van der Waals surface area contributed by atoms with Gasteiger partial charge in [-0.3, -0.25) is 0 Å². The van der Waals surface area contributed by atoms with Crippen LogP contribution in [0, 0.1) is 13.8 Å². The molecule has 164 valence electrons. The monoisotopic (exact) mass is 448 g/mol. The van der Waals surface area contributed by atoms with Gasteiger partial charge in [0.25, 0.3) is 0 Å². The lowest BCUT2D eigenvalue weighted by molar-refractivity contribution is 0.391. The number of pyridine rings is 1. The SMILES string of the molecule is Cc1ccc(C)c(Cn2nc3c(S(=O)(=O)N4CCc5ccccc5C4)cccn3c2=O)c1. The minimum absolute atomic E-state index is 0.0520. The Balaban J connectivity index is 1.56. The van der Waals surface area contributed by atoms with Crippen molar-refractivity contribution in [1.82, 2.24) is 18.5 Å². The van der Waals surface area contributed by atoms with E-state index in [2.05, 4.69) is 5.10 Å². The second-order valence-electron chi connectivity index (χ2n) is 8.29. The summed E-state index contributed by atoms with van der Waals surface area (Å²) in [7, 11) is -3.82. The molecule has 0 unspecified atom stereocenters. The molecule has 0 atom stereocenters. The van der Waals surface area contributed by atoms with Crippen LogP contribution in [0.5, 0.6) is 0 Å². The number of nitrogens with zero attached hydrogens (tertiary/aromatic N) is 4. The van der Waals surface area contributed by atoms with Gasteiger partial charge < -0.3 is 0 Å². The molecule has 0 amide bonds. The van der Waals surface area contributed by atoms with Gasteiger partial charge in [0.05, 0.1) is 6.54 Å². The van der Waals surface area contributed by atoms with Crippen LogP contribution in [0.15, 0.2) is 70.5 Å². The van der Waals surface area contributed by atoms with E-state index in [1.54, 1.807) is 12.3 Å². The zero-order valence-electron chi connectivity index (χ0n) is 18.0. The van der Waals surface area contributed by atoms with E-state index < -0.39 is 10.0 Å². The molecule has 0 saturated carbocycles. The molecule has 0 N–H and O–H groups in total. The summed E-state index contributed by atoms with van der Waals surface area (Å²) in [6.45, 7) is 4.97. The number of benzene rings is 2. The first-order valence-electron chi connectivity index (χ1n) is 10.6. The van der Waals surface area contributed by atoms with Gasteiger partial charge in [-0.1, -0.05) is 48.0 Å². The number of sulfonamides is 1. The maximum absolute atomic E-state index is 13.5. The topological polar surface area (TPSA) is 76.7 Å². The van der Waals surface area contributed by atoms with Crippen molar-refractivity contribution in [2.75, 3.05) is 6.54 Å². The summed E-state index contributed by atoms with van der Waals surface area (Å²) in [5, 5.41) is 4.44. The Morgan fingerprint density at radius 3 is 2.59 bits per heavy atom. The van der Waals surface area contributed by atoms with Crippen molar-refractivity contribution >= 4 is 15.7 Å². The summed E-state index contributed by atoms with van der Waals surface area (Å²) in [5.74, 6) is 0. The summed E-state index contributed by atoms with van der Waals surface area (Å²) >= 11 is 0. The second-order valence-corrected chi connectivity index (χ2v) is 10.2. The van der Waals surface area contributed by atoms with Crippen molar-refractivity contribution in [1.29, 1.82) is 0 Å². The Morgan fingerprint density at radius 1 is 1.00 bits per heavy atom. The van der Waals surface area contributed by atoms with Crippen LogP contribution in [0.1, 0.15) is 27.8 Å². The lowest BCUT2D eigenvalue weighted by Gasteiger charge is -2.28. The van der Waals surface area contributed by atoms with Crippen LogP contribution in [0.3, 0.4) is 0 Å². The van der Waals surface area contributed by atoms with Gasteiger partial charge in [0.15, 0.2) is 5.65 Å². The maximum atomic E-state index is 13.5. The third-order valence-electron chi connectivity index (χ3n) is 6.11. The molecule has 0 spiro atoms. The van der Waals surface area contributed by atoms with Gasteiger partial charge >= 0.3 is 5.69 Å². The molecule has 1 aliphatic rings. The standard InChI is InChI=1S/C24H24N4O3S/c1-17-9-10-18(2)21(14-17)16-28-24(29)27-12-5-8-22(23(27)25-28)32(30,31)26-13-11-19-6-3-4-7-20(19)15-26/h3-10,12,14H,11,13,15-16H2,1-2H3. The summed E-state index contributed by atoms with van der Waals surface area (Å²) in [4.78, 5) is 13.1. The predicted molar refractivity (Wildman–Crippen MR) is 122 cm³/mol. The average molecular weight is 449 g/mol. The molecular weight excluding hydrogens is 424 g/mol. The fourth-order valence-electron chi connectivity index (χ4n) is 4.26. The predicted octanol–water partition coefficient (Wildman–Crippen LogP) is 2.91. The van der Waals surface area contributed by atoms with Crippen LogP contribution >= 0.6 is 0 Å². The molecule has 2 aromatic carbocycles. The summed E-state index contributed by atoms with van der Waals surface area (Å²) in [5.41, 5.74) is 5.10. The van der Waals surface area contributed by atoms with Crippen molar-refractivity contribution in [3.05, 3.63) is 99.1 Å². The van der Waals surface area contributed by atoms with Gasteiger partial charge in [0, 0.05) is 19.3 Å². The Bertz CT molecular complexity index is 1500. The number of aryl methyl sites for hydroxylation is 2. The van der Waals surface area contributed by atoms with E-state index >= 15 is 0 Å². The van der Waals surface area contributed by atoms with Gasteiger partial charge in [-0.25, -0.2) is 22.3 Å². The van der Waals surface area contributed by atoms with E-state index in [0.717, 1.165) is 22.3 Å². The summed E-state index contributed by atoms with van der Waals surface area (Å²) in [6.07, 6.45) is 2.22. The molecule has 1 aliphatic heterocycles. The second kappa shape index (κ2) is 7.72. The van der Waals surface area contributed by atoms with E-state index in [9.17, 15) is 13.2 Å². The first-order valence-corrected chi connectivity index (χ1v) is 12.0. The molecular formula is C24H24N4O3S. The smallest absolute Gasteiger partial charge is 0.249 e. The first kappa shape index (κ1) is 20.7. The number of rotatable bonds is 4. The van der Waals surface area contributed by atoms with E-state index in [1.165, 1.54) is 25.0 Å². The average Bonchev–Trinajstić information content (AvgIpc) is 3.11. The zero-order valence-corrected chi connectivity index (χ0v) is 18.8. The van der Waals surface area contributed by atoms with E-state index in [4.69, 9.17) is 0 Å². The largest absolute Gasteiger partial charge is 0.350 e. The minimum Gasteiger partial charge on any atom is -0.249 e. The quantitative estimate of drug-likeness (QED) is 0.481. The molecule has 0 saturated heterocycles. The molecule has 4 aromatic rings. The van der Waals surface area contributed by atoms with Crippen LogP contribution in [0.2, 0.25) is 0 Å². The van der Waals surface area contributed by atoms with Crippen molar-refractivity contribution < 1.29 is 8.42 Å². The molecule has 5 rings (SSSR count). The molecule has 0 bridgehead atoms. The van der Waals surface area contributed by atoms with Crippen LogP contribution in [0.25, 0.3) is 5.65 Å². The lowest BCUT2D eigenvalue weighted by atomic mass is 10.0. The van der Waals surface area contributed by atoms with Crippen LogP contribution < -0.4 is 5.69 Å². The molecule has 0 aliphatic carbocycles. The van der Waals surface area contributed by atoms with Crippen LogP contribution in [-0.4, -0.2) is 33.4 Å². The van der Waals surface area contributed by atoms with Gasteiger partial charge in [-0.05, 0) is 54.7 Å². The van der Waals surface area contributed by atoms with Crippen molar-refractivity contribution in [2.24, 2.45) is 0 Å². The fourth-order valence-corrected chi connectivity index (χ4v) is 5.80. The molecule has 0 radical (unpaired) electrons. The number of hydrogen-bond acceptors (Lipinski definition) is 4. The van der Waals surface area contributed by atoms with Crippen LogP contribution in [0.4, 0.5) is 0 Å². The Kier molecular flexibility index (Phi) is 4.98. The van der Waals surface area contributed by atoms with E-state index in [1.807, 2.05) is 56.3 Å². The van der Waals surface area contributed by atoms with Crippen molar-refractivity contribution in [3.63, 3.8) is 0 Å². The minimum atomic E-state index is -3.82. The zero-order chi connectivity index (χ0) is 22.5. The van der Waals surface area contributed by atoms with E-state index in [0.29, 0.717) is 19.5 Å². The van der Waals surface area contributed by atoms with Gasteiger partial charge in [0.2, 0.25) is 10.0 Å². The van der Waals surface area contributed by atoms with Crippen LogP contribution in [-0.2, 0) is 29.5 Å². The third-order valence-corrected chi connectivity index (χ3v) is 7.98. The molecule has 32 heavy (non-hydrogen) atoms. The van der Waals surface area contributed by atoms with Crippen molar-refractivity contribution in [2.45, 2.75) is 38.3 Å². The highest BCUT2D eigenvalue weighted by Crippen LogP contribution is 2.26. The van der Waals surface area contributed by atoms with Crippen molar-refractivity contribution in [3.8, 4) is 0 Å². The fraction of sp³-hybridized carbons (Fsp3) is 0.250. The van der Waals surface area contributed by atoms with E-state index in [-0.39, 0.29) is 22.8 Å². The first-order chi connectivity index (χ1) is 15.3. The normalized spacial score (nSPS) is 14.6. The van der Waals surface area contributed by atoms with Gasteiger partial charge in [-0.2, -0.15) is 4.31 Å². The highest BCUT2D eigenvalue weighted by molar-refractivity contribution is 7.89. The summed E-state index contributed by atoms with van der Waals surface area (Å²) in [6, 6.07) is 17.1. The maximum Gasteiger partial charge on any atom is 0.350 e. The molecule has 7 nitrogen and oxygen atoms in total. The molecule has 3 heterocycles. The number of fused-ring (bicyclic) bond motifs is 2. The lowest BCUT2D eigenvalue weighted by Crippen LogP contribution is -2.36. The molecule has 2 aromatic heterocycles. The summed E-state index contributed by atoms with van der Waals surface area (Å²) < 4.78 is 31.2. The Hall–Kier alpha value is -3.23. The highest BCUT2D eigenvalue weighted by atomic mass is 32.2. The van der Waals surface area contributed by atoms with Gasteiger partial charge in [-0.15, -0.1) is 5.10 Å². The molecule has 0 fully saturated rings. The Morgan fingerprint density at radius 2 is 1.78 bits per heavy atom. The number of aromatic nitrogens is 3. The highest BCUT2D eigenvalue weighted by Gasteiger charge is 2.31. The molecule has 8 heteroatoms. The number of hydrogen-bond donors (Lipinski definition) is 0. The van der Waals surface area contributed by atoms with Gasteiger partial charge in [0.1, 0.15) is 4.90 Å². The Labute approximate surface area is 186 Å². The third kappa shape index (κ3) is 3.45.